The molecule has 0 amide bonds. The summed E-state index contributed by atoms with van der Waals surface area (Å²) in [5.74, 6) is 0.648. The maximum Gasteiger partial charge on any atom is 0.333 e. The Bertz CT molecular complexity index is 2730. The molecule has 4 N–H and O–H groups in total. The van der Waals surface area contributed by atoms with Crippen LogP contribution in [0.3, 0.4) is 0 Å². The van der Waals surface area contributed by atoms with Crippen molar-refractivity contribution in [3.63, 3.8) is 0 Å². The van der Waals surface area contributed by atoms with Gasteiger partial charge in [-0.1, -0.05) is 33.2 Å². The second-order valence-electron chi connectivity index (χ2n) is 16.8. The summed E-state index contributed by atoms with van der Waals surface area (Å²) < 4.78 is 44.7. The molecular formula is C54H64I4O16. The fourth-order valence-corrected chi connectivity index (χ4v) is 7.78. The summed E-state index contributed by atoms with van der Waals surface area (Å²) in [6, 6.07) is 13.0. The predicted molar refractivity (Wildman–Crippen MR) is 316 cm³/mol. The van der Waals surface area contributed by atoms with Crippen LogP contribution < -0.4 is 18.9 Å². The summed E-state index contributed by atoms with van der Waals surface area (Å²) in [7, 11) is 6.01. The third-order valence-electron chi connectivity index (χ3n) is 10.2. The van der Waals surface area contributed by atoms with E-state index in [1.807, 2.05) is 104 Å². The van der Waals surface area contributed by atoms with Crippen LogP contribution >= 0.6 is 90.4 Å². The molecule has 4 rings (SSSR count). The van der Waals surface area contributed by atoms with E-state index < -0.39 is 41.2 Å². The first-order valence-electron chi connectivity index (χ1n) is 22.0. The van der Waals surface area contributed by atoms with Crippen LogP contribution in [0.25, 0.3) is 0 Å². The van der Waals surface area contributed by atoms with Gasteiger partial charge in [-0.3, -0.25) is 0 Å². The first kappa shape index (κ1) is 67.1. The Hall–Kier alpha value is -4.96. The Morgan fingerprint density at radius 1 is 0.527 bits per heavy atom. The number of carbonyl (C=O) groups is 4. The number of rotatable bonds is 17. The average molecular weight is 1480 g/mol. The van der Waals surface area contributed by atoms with E-state index in [1.165, 1.54) is 52.7 Å². The maximum absolute atomic E-state index is 11.8. The van der Waals surface area contributed by atoms with Crippen molar-refractivity contribution in [3.8, 4) is 46.0 Å². The van der Waals surface area contributed by atoms with Gasteiger partial charge in [0.1, 0.15) is 69.9 Å². The van der Waals surface area contributed by atoms with Crippen LogP contribution in [0.4, 0.5) is 0 Å². The highest BCUT2D eigenvalue weighted by Gasteiger charge is 2.34. The highest BCUT2D eigenvalue weighted by atomic mass is 127. The molecule has 0 saturated heterocycles. The number of halogens is 4. The number of ether oxygens (including phenoxy) is 8. The molecule has 74 heavy (non-hydrogen) atoms. The summed E-state index contributed by atoms with van der Waals surface area (Å²) >= 11 is 8.02. The van der Waals surface area contributed by atoms with Crippen LogP contribution in [0.5, 0.6) is 46.0 Å². The normalized spacial score (nSPS) is 11.6. The van der Waals surface area contributed by atoms with Crippen LogP contribution in [0.2, 0.25) is 0 Å². The number of phenols is 4. The van der Waals surface area contributed by atoms with Gasteiger partial charge in [-0.05, 0) is 176 Å². The van der Waals surface area contributed by atoms with Crippen LogP contribution in [0, 0.1) is 14.3 Å². The molecule has 0 aromatic heterocycles. The number of aromatic hydroxyl groups is 4. The minimum atomic E-state index is -0.880. The van der Waals surface area contributed by atoms with Gasteiger partial charge < -0.3 is 58.3 Å². The molecule has 0 aliphatic rings. The molecule has 0 aliphatic heterocycles. The molecule has 0 bridgehead atoms. The molecule has 0 heterocycles. The van der Waals surface area contributed by atoms with Gasteiger partial charge in [0.25, 0.3) is 0 Å². The van der Waals surface area contributed by atoms with Crippen molar-refractivity contribution < 1.29 is 77.5 Å². The predicted octanol–water partition coefficient (Wildman–Crippen LogP) is 12.9. The van der Waals surface area contributed by atoms with Crippen LogP contribution in [0.15, 0.2) is 97.1 Å². The van der Waals surface area contributed by atoms with Gasteiger partial charge in [0.2, 0.25) is 0 Å². The fraction of sp³-hybridized carbons (Fsp3) is 0.333. The topological polar surface area (TPSA) is 223 Å². The van der Waals surface area contributed by atoms with Crippen molar-refractivity contribution in [3.05, 3.63) is 134 Å². The monoisotopic (exact) mass is 1480 g/mol. The minimum Gasteiger partial charge on any atom is -0.507 e. The van der Waals surface area contributed by atoms with E-state index in [-0.39, 0.29) is 29.6 Å². The van der Waals surface area contributed by atoms with Gasteiger partial charge in [-0.25, -0.2) is 19.2 Å². The van der Waals surface area contributed by atoms with Crippen molar-refractivity contribution in [2.45, 2.75) is 92.6 Å². The molecule has 16 nitrogen and oxygen atoms in total. The van der Waals surface area contributed by atoms with Crippen molar-refractivity contribution in [1.82, 2.24) is 0 Å². The third kappa shape index (κ3) is 20.0. The lowest BCUT2D eigenvalue weighted by Crippen LogP contribution is -2.29. The number of methoxy groups -OCH3 is 4. The van der Waals surface area contributed by atoms with Crippen molar-refractivity contribution >= 4 is 114 Å². The van der Waals surface area contributed by atoms with E-state index in [0.717, 1.165) is 5.56 Å². The lowest BCUT2D eigenvalue weighted by Gasteiger charge is -2.30. The zero-order chi connectivity index (χ0) is 57.2. The van der Waals surface area contributed by atoms with E-state index in [2.05, 4.69) is 26.3 Å². The van der Waals surface area contributed by atoms with Gasteiger partial charge in [0, 0.05) is 68.8 Å². The number of carbonyl (C=O) groups excluding carboxylic acids is 4. The highest BCUT2D eigenvalue weighted by molar-refractivity contribution is 14.1. The van der Waals surface area contributed by atoms with Crippen molar-refractivity contribution in [1.29, 1.82) is 0 Å². The second kappa shape index (κ2) is 30.6. The van der Waals surface area contributed by atoms with Crippen LogP contribution in [-0.4, -0.2) is 72.7 Å². The Morgan fingerprint density at radius 3 is 1.31 bits per heavy atom. The Labute approximate surface area is 488 Å². The molecule has 0 radical (unpaired) electrons. The Kier molecular flexibility index (Phi) is 27.7. The highest BCUT2D eigenvalue weighted by Crippen LogP contribution is 2.41. The zero-order valence-electron chi connectivity index (χ0n) is 43.6. The smallest absolute Gasteiger partial charge is 0.333 e. The number of hydrogen-bond acceptors (Lipinski definition) is 16. The lowest BCUT2D eigenvalue weighted by molar-refractivity contribution is -0.155. The van der Waals surface area contributed by atoms with E-state index in [0.29, 0.717) is 82.7 Å². The van der Waals surface area contributed by atoms with Gasteiger partial charge >= 0.3 is 23.9 Å². The number of esters is 4. The summed E-state index contributed by atoms with van der Waals surface area (Å²) in [6.07, 6.45) is 0.0988. The maximum atomic E-state index is 11.8. The van der Waals surface area contributed by atoms with Gasteiger partial charge in [-0.2, -0.15) is 0 Å². The van der Waals surface area contributed by atoms with Gasteiger partial charge in [-0.15, -0.1) is 0 Å². The number of hydrogen-bond donors (Lipinski definition) is 4. The van der Waals surface area contributed by atoms with Crippen molar-refractivity contribution in [2.24, 2.45) is 0 Å². The minimum absolute atomic E-state index is 0.0884. The molecule has 404 valence electrons. The first-order chi connectivity index (χ1) is 34.2. The summed E-state index contributed by atoms with van der Waals surface area (Å²) in [4.78, 5) is 46.2. The first-order valence-corrected chi connectivity index (χ1v) is 26.3. The van der Waals surface area contributed by atoms with Crippen LogP contribution in [0.1, 0.15) is 97.1 Å². The molecule has 0 spiro atoms. The molecule has 4 aromatic rings. The molecule has 4 aromatic carbocycles. The molecule has 0 saturated carbocycles. The molecular weight excluding hydrogens is 1410 g/mol. The third-order valence-corrected chi connectivity index (χ3v) is 13.7. The largest absolute Gasteiger partial charge is 0.507 e. The standard InChI is InChI=1S/C15H19IO4.C14H17IO4.C13H15IO4.C12H13IO4/c1-6-15(4,20-14(18)9(2)3)10-7-11(16)12(17)8-13(10)19-5;1-8(2)13(17)19-14(3,4)9-6-10(15)11(16)7-12(9)18-5;1-7(2)13(16)18-8(3)9-5-10(14)11(15)6-12(9)17-4;1-7(2)12(15)17-6-8-4-9(13)10(14)5-11(8)16-3/h7-8,17H,2,6H2,1,3-5H3;6-7,16H,1H2,2-5H3;5-6,8,15H,1H2,2-4H3;4-5,14H,1,6H2,2-3H3. The van der Waals surface area contributed by atoms with E-state index >= 15 is 0 Å². The summed E-state index contributed by atoms with van der Waals surface area (Å²) in [6.45, 7) is 29.6. The molecule has 2 unspecified atom stereocenters. The second-order valence-corrected chi connectivity index (χ2v) is 21.4. The Morgan fingerprint density at radius 2 is 0.892 bits per heavy atom. The lowest BCUT2D eigenvalue weighted by atomic mass is 9.91. The van der Waals surface area contributed by atoms with Crippen LogP contribution in [-0.2, 0) is 55.9 Å². The molecule has 0 fully saturated rings. The van der Waals surface area contributed by atoms with E-state index in [4.69, 9.17) is 37.9 Å². The summed E-state index contributed by atoms with van der Waals surface area (Å²) in [5, 5.41) is 38.5. The SMILES string of the molecule is C=C(C)C(=O)OC(C)(C)c1cc(I)c(O)cc1OC.C=C(C)C(=O)OC(C)(CC)c1cc(I)c(O)cc1OC.C=C(C)C(=O)OC(C)c1cc(I)c(O)cc1OC.C=C(C)C(=O)OCc1cc(I)c(O)cc1OC. The Balaban J connectivity index is 0.000000494. The molecule has 2 atom stereocenters. The fourth-order valence-electron chi connectivity index (χ4n) is 5.82. The molecule has 0 aliphatic carbocycles. The van der Waals surface area contributed by atoms with Gasteiger partial charge in [0.05, 0.1) is 42.7 Å². The quantitative estimate of drug-likeness (QED) is 0.0334. The zero-order valence-corrected chi connectivity index (χ0v) is 52.3. The number of benzene rings is 4. The van der Waals surface area contributed by atoms with E-state index in [9.17, 15) is 39.6 Å². The van der Waals surface area contributed by atoms with Crippen molar-refractivity contribution in [2.75, 3.05) is 28.4 Å². The molecule has 20 heteroatoms. The number of phenolic OH excluding ortho intramolecular Hbond substituents is 4. The van der Waals surface area contributed by atoms with Gasteiger partial charge in [0.15, 0.2) is 0 Å². The van der Waals surface area contributed by atoms with E-state index in [1.54, 1.807) is 72.7 Å². The average Bonchev–Trinajstić information content (AvgIpc) is 3.33. The summed E-state index contributed by atoms with van der Waals surface area (Å²) in [5.41, 5.74) is 2.46.